The van der Waals surface area contributed by atoms with Crippen LogP contribution >= 0.6 is 11.6 Å². The van der Waals surface area contributed by atoms with Crippen molar-refractivity contribution in [1.82, 2.24) is 0 Å². The third-order valence-electron chi connectivity index (χ3n) is 1.44. The van der Waals surface area contributed by atoms with Gasteiger partial charge in [0.1, 0.15) is 0 Å². The molecule has 0 aromatic carbocycles. The SMILES string of the molecule is C=COC[N+](C)(C)CCCCl. The highest BCUT2D eigenvalue weighted by Crippen LogP contribution is 2.00. The Hall–Kier alpha value is -0.210. The molecule has 0 aliphatic rings. The fourth-order valence-electron chi connectivity index (χ4n) is 0.807. The zero-order valence-electron chi connectivity index (χ0n) is 7.35. The summed E-state index contributed by atoms with van der Waals surface area (Å²) in [5.41, 5.74) is 0. The van der Waals surface area contributed by atoms with Gasteiger partial charge in [-0.2, -0.15) is 0 Å². The van der Waals surface area contributed by atoms with Crippen LogP contribution < -0.4 is 0 Å². The van der Waals surface area contributed by atoms with Crippen LogP contribution in [0.4, 0.5) is 0 Å². The molecule has 0 saturated heterocycles. The Labute approximate surface area is 74.0 Å². The topological polar surface area (TPSA) is 9.23 Å². The van der Waals surface area contributed by atoms with Gasteiger partial charge in [-0.25, -0.2) is 0 Å². The molecular formula is C8H17ClNO+. The highest BCUT2D eigenvalue weighted by atomic mass is 35.5. The van der Waals surface area contributed by atoms with Crippen molar-refractivity contribution >= 4 is 11.6 Å². The summed E-state index contributed by atoms with van der Waals surface area (Å²) < 4.78 is 5.92. The predicted molar refractivity (Wildman–Crippen MR) is 48.5 cm³/mol. The van der Waals surface area contributed by atoms with E-state index in [1.807, 2.05) is 0 Å². The Kier molecular flexibility index (Phi) is 5.34. The molecule has 0 radical (unpaired) electrons. The summed E-state index contributed by atoms with van der Waals surface area (Å²) in [5, 5.41) is 0. The van der Waals surface area contributed by atoms with E-state index >= 15 is 0 Å². The minimum Gasteiger partial charge on any atom is -0.454 e. The normalized spacial score (nSPS) is 11.2. The van der Waals surface area contributed by atoms with E-state index < -0.39 is 0 Å². The minimum atomic E-state index is 0.667. The maximum absolute atomic E-state index is 5.57. The molecule has 0 aromatic heterocycles. The van der Waals surface area contributed by atoms with E-state index in [1.165, 1.54) is 6.26 Å². The number of quaternary nitrogens is 1. The summed E-state index contributed by atoms with van der Waals surface area (Å²) >= 11 is 5.57. The molecule has 0 aromatic rings. The van der Waals surface area contributed by atoms with Gasteiger partial charge in [-0.15, -0.1) is 11.6 Å². The molecule has 66 valence electrons. The zero-order valence-corrected chi connectivity index (χ0v) is 8.10. The summed E-state index contributed by atoms with van der Waals surface area (Å²) in [4.78, 5) is 0. The van der Waals surface area contributed by atoms with E-state index in [2.05, 4.69) is 20.7 Å². The van der Waals surface area contributed by atoms with Gasteiger partial charge in [-0.05, 0) is 0 Å². The summed E-state index contributed by atoms with van der Waals surface area (Å²) in [5.74, 6) is 0.718. The summed E-state index contributed by atoms with van der Waals surface area (Å²) in [6, 6.07) is 0. The lowest BCUT2D eigenvalue weighted by Gasteiger charge is -2.28. The van der Waals surface area contributed by atoms with Crippen LogP contribution in [0.25, 0.3) is 0 Å². The summed E-state index contributed by atoms with van der Waals surface area (Å²) in [6.45, 7) is 5.19. The van der Waals surface area contributed by atoms with Gasteiger partial charge in [0.15, 0.2) is 0 Å². The highest BCUT2D eigenvalue weighted by Gasteiger charge is 2.13. The second kappa shape index (κ2) is 5.44. The van der Waals surface area contributed by atoms with Crippen molar-refractivity contribution in [3.63, 3.8) is 0 Å². The average Bonchev–Trinajstić information content (AvgIpc) is 1.97. The van der Waals surface area contributed by atoms with Gasteiger partial charge in [0, 0.05) is 12.3 Å². The molecule has 0 unspecified atom stereocenters. The van der Waals surface area contributed by atoms with E-state index in [0.717, 1.165) is 23.3 Å². The van der Waals surface area contributed by atoms with Crippen LogP contribution in [0, 0.1) is 0 Å². The third kappa shape index (κ3) is 6.20. The van der Waals surface area contributed by atoms with Crippen LogP contribution in [-0.2, 0) is 4.74 Å². The fourth-order valence-corrected chi connectivity index (χ4v) is 0.926. The van der Waals surface area contributed by atoms with Crippen LogP contribution in [0.3, 0.4) is 0 Å². The molecule has 0 fully saturated rings. The second-order valence-electron chi connectivity index (χ2n) is 3.16. The number of ether oxygens (including phenoxy) is 1. The van der Waals surface area contributed by atoms with Gasteiger partial charge in [0.05, 0.1) is 26.9 Å². The second-order valence-corrected chi connectivity index (χ2v) is 3.54. The van der Waals surface area contributed by atoms with Gasteiger partial charge < -0.3 is 4.74 Å². The molecular weight excluding hydrogens is 162 g/mol. The number of hydrogen-bond donors (Lipinski definition) is 0. The summed E-state index contributed by atoms with van der Waals surface area (Å²) in [7, 11) is 4.21. The van der Waals surface area contributed by atoms with Crippen LogP contribution in [0.15, 0.2) is 12.8 Å². The van der Waals surface area contributed by atoms with Crippen molar-refractivity contribution in [1.29, 1.82) is 0 Å². The number of alkyl halides is 1. The number of nitrogens with zero attached hydrogens (tertiary/aromatic N) is 1. The van der Waals surface area contributed by atoms with Crippen LogP contribution in [-0.4, -0.2) is 37.7 Å². The fraction of sp³-hybridized carbons (Fsp3) is 0.750. The Bertz CT molecular complexity index is 115. The van der Waals surface area contributed by atoms with E-state index in [-0.39, 0.29) is 0 Å². The first-order chi connectivity index (χ1) is 5.12. The quantitative estimate of drug-likeness (QED) is 0.261. The Morgan fingerprint density at radius 1 is 1.55 bits per heavy atom. The van der Waals surface area contributed by atoms with Gasteiger partial charge in [0.25, 0.3) is 0 Å². The maximum Gasteiger partial charge on any atom is 0.222 e. The zero-order chi connectivity index (χ0) is 8.74. The van der Waals surface area contributed by atoms with E-state index in [9.17, 15) is 0 Å². The minimum absolute atomic E-state index is 0.667. The molecule has 0 saturated carbocycles. The molecule has 3 heteroatoms. The van der Waals surface area contributed by atoms with Gasteiger partial charge >= 0.3 is 0 Å². The lowest BCUT2D eigenvalue weighted by atomic mass is 10.4. The molecule has 0 N–H and O–H groups in total. The molecule has 2 nitrogen and oxygen atoms in total. The van der Waals surface area contributed by atoms with Crippen molar-refractivity contribution in [2.24, 2.45) is 0 Å². The van der Waals surface area contributed by atoms with E-state index in [4.69, 9.17) is 16.3 Å². The van der Waals surface area contributed by atoms with Crippen LogP contribution in [0.1, 0.15) is 6.42 Å². The largest absolute Gasteiger partial charge is 0.454 e. The van der Waals surface area contributed by atoms with Gasteiger partial charge in [-0.3, -0.25) is 4.48 Å². The molecule has 0 amide bonds. The third-order valence-corrected chi connectivity index (χ3v) is 1.71. The lowest BCUT2D eigenvalue weighted by molar-refractivity contribution is -0.908. The number of hydrogen-bond acceptors (Lipinski definition) is 1. The van der Waals surface area contributed by atoms with Crippen molar-refractivity contribution in [3.8, 4) is 0 Å². The molecule has 0 atom stereocenters. The van der Waals surface area contributed by atoms with Gasteiger partial charge in [0.2, 0.25) is 6.73 Å². The van der Waals surface area contributed by atoms with Crippen molar-refractivity contribution < 1.29 is 9.22 Å². The first kappa shape index (κ1) is 10.8. The Morgan fingerprint density at radius 2 is 2.18 bits per heavy atom. The lowest BCUT2D eigenvalue weighted by Crippen LogP contribution is -2.41. The first-order valence-corrected chi connectivity index (χ1v) is 4.26. The molecule has 11 heavy (non-hydrogen) atoms. The van der Waals surface area contributed by atoms with E-state index in [1.54, 1.807) is 0 Å². The van der Waals surface area contributed by atoms with Crippen LogP contribution in [0.2, 0.25) is 0 Å². The van der Waals surface area contributed by atoms with Crippen molar-refractivity contribution in [3.05, 3.63) is 12.8 Å². The van der Waals surface area contributed by atoms with Gasteiger partial charge in [-0.1, -0.05) is 6.58 Å². The van der Waals surface area contributed by atoms with Crippen molar-refractivity contribution in [2.75, 3.05) is 33.3 Å². The standard InChI is InChI=1S/C8H17ClNO/c1-4-11-8-10(2,3)7-5-6-9/h4H,1,5-8H2,2-3H3/q+1. The summed E-state index contributed by atoms with van der Waals surface area (Å²) in [6.07, 6.45) is 2.50. The molecule has 0 rings (SSSR count). The monoisotopic (exact) mass is 178 g/mol. The Balaban J connectivity index is 3.51. The maximum atomic E-state index is 5.57. The number of rotatable bonds is 6. The smallest absolute Gasteiger partial charge is 0.222 e. The first-order valence-electron chi connectivity index (χ1n) is 3.73. The van der Waals surface area contributed by atoms with Crippen LogP contribution in [0.5, 0.6) is 0 Å². The molecule has 0 aliphatic carbocycles. The Morgan fingerprint density at radius 3 is 2.64 bits per heavy atom. The molecule has 0 heterocycles. The predicted octanol–water partition coefficient (Wildman–Crippen LogP) is 1.81. The number of halogens is 1. The molecule has 0 aliphatic heterocycles. The molecule has 0 bridgehead atoms. The molecule has 0 spiro atoms. The highest BCUT2D eigenvalue weighted by molar-refractivity contribution is 6.17. The van der Waals surface area contributed by atoms with E-state index in [0.29, 0.717) is 6.73 Å². The van der Waals surface area contributed by atoms with Crippen molar-refractivity contribution in [2.45, 2.75) is 6.42 Å². The average molecular weight is 179 g/mol.